The molecule has 1 fully saturated rings. The van der Waals surface area contributed by atoms with Gasteiger partial charge in [0.2, 0.25) is 20.0 Å². The number of ether oxygens (including phenoxy) is 1. The van der Waals surface area contributed by atoms with Crippen molar-refractivity contribution in [2.24, 2.45) is 0 Å². The van der Waals surface area contributed by atoms with Gasteiger partial charge < -0.3 is 9.15 Å². The van der Waals surface area contributed by atoms with E-state index in [4.69, 9.17) is 9.15 Å². The second kappa shape index (κ2) is 8.29. The number of rotatable bonds is 5. The fourth-order valence-electron chi connectivity index (χ4n) is 4.45. The SMILES string of the molecule is COC(=O)c1c(C)oc(C)c1S(=O)(=O)N1CCN(S(=O)(=O)c2ccc3c(c2)CCC3)CC1. The molecule has 32 heavy (non-hydrogen) atoms. The summed E-state index contributed by atoms with van der Waals surface area (Å²) in [6.45, 7) is 2.94. The molecule has 1 aliphatic carbocycles. The summed E-state index contributed by atoms with van der Waals surface area (Å²) in [6.07, 6.45) is 2.86. The van der Waals surface area contributed by atoms with Gasteiger partial charge in [-0.3, -0.25) is 0 Å². The third-order valence-electron chi connectivity index (χ3n) is 6.10. The van der Waals surface area contributed by atoms with Crippen molar-refractivity contribution >= 4 is 26.0 Å². The Bertz CT molecular complexity index is 1270. The number of methoxy groups -OCH3 is 1. The summed E-state index contributed by atoms with van der Waals surface area (Å²) < 4.78 is 65.5. The van der Waals surface area contributed by atoms with Crippen LogP contribution in [0.3, 0.4) is 0 Å². The monoisotopic (exact) mass is 482 g/mol. The molecule has 1 aromatic heterocycles. The highest BCUT2D eigenvalue weighted by Gasteiger charge is 2.39. The molecule has 2 aliphatic rings. The normalized spacial score (nSPS) is 18.0. The van der Waals surface area contributed by atoms with Gasteiger partial charge >= 0.3 is 5.97 Å². The van der Waals surface area contributed by atoms with Crippen LogP contribution in [-0.2, 0) is 37.6 Å². The van der Waals surface area contributed by atoms with Crippen LogP contribution < -0.4 is 0 Å². The lowest BCUT2D eigenvalue weighted by Crippen LogP contribution is -2.50. The minimum Gasteiger partial charge on any atom is -0.465 e. The zero-order chi connectivity index (χ0) is 23.3. The minimum absolute atomic E-state index is 0.0160. The van der Waals surface area contributed by atoms with Gasteiger partial charge in [0.25, 0.3) is 0 Å². The molecule has 1 aliphatic heterocycles. The molecule has 0 saturated carbocycles. The number of piperazine rings is 1. The molecule has 1 aromatic carbocycles. The summed E-state index contributed by atoms with van der Waals surface area (Å²) >= 11 is 0. The number of hydrogen-bond donors (Lipinski definition) is 0. The molecule has 1 saturated heterocycles. The highest BCUT2D eigenvalue weighted by molar-refractivity contribution is 7.89. The van der Waals surface area contributed by atoms with Crippen molar-refractivity contribution in [2.45, 2.75) is 42.9 Å². The predicted octanol–water partition coefficient (Wildman–Crippen LogP) is 1.87. The van der Waals surface area contributed by atoms with E-state index < -0.39 is 26.0 Å². The summed E-state index contributed by atoms with van der Waals surface area (Å²) in [5.74, 6) is -0.544. The number of hydrogen-bond acceptors (Lipinski definition) is 7. The van der Waals surface area contributed by atoms with Crippen molar-refractivity contribution in [2.75, 3.05) is 33.3 Å². The zero-order valence-electron chi connectivity index (χ0n) is 18.3. The van der Waals surface area contributed by atoms with Crippen molar-refractivity contribution in [3.05, 3.63) is 46.4 Å². The summed E-state index contributed by atoms with van der Waals surface area (Å²) in [7, 11) is -6.64. The number of esters is 1. The standard InChI is InChI=1S/C21H26N2O7S2/c1-14-19(21(24)29-3)20(15(2)30-14)32(27,28)23-11-9-22(10-12-23)31(25,26)18-8-7-16-5-4-6-17(16)13-18/h7-8,13H,4-6,9-12H2,1-3H3. The number of fused-ring (bicyclic) bond motifs is 1. The number of furan rings is 1. The average Bonchev–Trinajstić information content (AvgIpc) is 3.36. The largest absolute Gasteiger partial charge is 0.465 e. The summed E-state index contributed by atoms with van der Waals surface area (Å²) in [6, 6.07) is 5.23. The molecule has 4 rings (SSSR count). The highest BCUT2D eigenvalue weighted by Crippen LogP contribution is 2.31. The first kappa shape index (κ1) is 23.0. The Labute approximate surface area is 188 Å². The third kappa shape index (κ3) is 3.76. The maximum atomic E-state index is 13.3. The summed E-state index contributed by atoms with van der Waals surface area (Å²) in [5, 5.41) is 0. The van der Waals surface area contributed by atoms with E-state index in [1.165, 1.54) is 35.1 Å². The van der Waals surface area contributed by atoms with Crippen molar-refractivity contribution < 1.29 is 30.8 Å². The van der Waals surface area contributed by atoms with E-state index in [-0.39, 0.29) is 53.1 Å². The fraction of sp³-hybridized carbons (Fsp3) is 0.476. The molecule has 0 radical (unpaired) electrons. The number of nitrogens with zero attached hydrogens (tertiary/aromatic N) is 2. The van der Waals surface area contributed by atoms with E-state index in [1.807, 2.05) is 6.07 Å². The first-order valence-electron chi connectivity index (χ1n) is 10.4. The Balaban J connectivity index is 1.56. The fourth-order valence-corrected chi connectivity index (χ4v) is 7.71. The summed E-state index contributed by atoms with van der Waals surface area (Å²) in [4.78, 5) is 12.2. The second-order valence-corrected chi connectivity index (χ2v) is 11.8. The quantitative estimate of drug-likeness (QED) is 0.598. The second-order valence-electron chi connectivity index (χ2n) is 8.00. The molecule has 174 valence electrons. The maximum Gasteiger partial charge on any atom is 0.342 e. The van der Waals surface area contributed by atoms with Crippen molar-refractivity contribution in [1.82, 2.24) is 8.61 Å². The van der Waals surface area contributed by atoms with Crippen molar-refractivity contribution in [1.29, 1.82) is 0 Å². The number of carbonyl (C=O) groups excluding carboxylic acids is 1. The molecule has 9 nitrogen and oxygen atoms in total. The molecule has 0 spiro atoms. The molecule has 0 amide bonds. The lowest BCUT2D eigenvalue weighted by atomic mass is 10.1. The van der Waals surface area contributed by atoms with E-state index in [9.17, 15) is 21.6 Å². The van der Waals surface area contributed by atoms with Crippen LogP contribution in [0.15, 0.2) is 32.4 Å². The van der Waals surface area contributed by atoms with Crippen LogP contribution in [0.25, 0.3) is 0 Å². The van der Waals surface area contributed by atoms with Crippen LogP contribution in [0.4, 0.5) is 0 Å². The highest BCUT2D eigenvalue weighted by atomic mass is 32.2. The van der Waals surface area contributed by atoms with Crippen LogP contribution in [0.2, 0.25) is 0 Å². The van der Waals surface area contributed by atoms with E-state index in [0.29, 0.717) is 0 Å². The van der Waals surface area contributed by atoms with Crippen LogP contribution >= 0.6 is 0 Å². The Morgan fingerprint density at radius 3 is 2.12 bits per heavy atom. The van der Waals surface area contributed by atoms with Crippen LogP contribution in [-0.4, -0.2) is 64.7 Å². The van der Waals surface area contributed by atoms with Gasteiger partial charge in [-0.25, -0.2) is 21.6 Å². The van der Waals surface area contributed by atoms with Gasteiger partial charge in [0.15, 0.2) is 0 Å². The molecule has 0 unspecified atom stereocenters. The Morgan fingerprint density at radius 2 is 1.50 bits per heavy atom. The molecule has 0 N–H and O–H groups in total. The molecule has 11 heteroatoms. The first-order chi connectivity index (χ1) is 15.1. The van der Waals surface area contributed by atoms with Crippen LogP contribution in [0.1, 0.15) is 39.4 Å². The smallest absolute Gasteiger partial charge is 0.342 e. The van der Waals surface area contributed by atoms with Crippen molar-refractivity contribution in [3.63, 3.8) is 0 Å². The van der Waals surface area contributed by atoms with Gasteiger partial charge in [-0.05, 0) is 56.4 Å². The number of aryl methyl sites for hydroxylation is 4. The van der Waals surface area contributed by atoms with Crippen molar-refractivity contribution in [3.8, 4) is 0 Å². The van der Waals surface area contributed by atoms with E-state index >= 15 is 0 Å². The number of carbonyl (C=O) groups is 1. The van der Waals surface area contributed by atoms with Gasteiger partial charge in [-0.15, -0.1) is 0 Å². The van der Waals surface area contributed by atoms with Crippen LogP contribution in [0.5, 0.6) is 0 Å². The van der Waals surface area contributed by atoms with Gasteiger partial charge in [0, 0.05) is 26.2 Å². The Morgan fingerprint density at radius 1 is 0.906 bits per heavy atom. The van der Waals surface area contributed by atoms with E-state index in [1.54, 1.807) is 12.1 Å². The topological polar surface area (TPSA) is 114 Å². The number of sulfonamides is 2. The maximum absolute atomic E-state index is 13.3. The molecule has 2 aromatic rings. The minimum atomic E-state index is -4.08. The lowest BCUT2D eigenvalue weighted by molar-refractivity contribution is 0.0594. The molecular formula is C21H26N2O7S2. The van der Waals surface area contributed by atoms with Gasteiger partial charge in [0.1, 0.15) is 22.0 Å². The summed E-state index contributed by atoms with van der Waals surface area (Å²) in [5.41, 5.74) is 2.12. The Hall–Kier alpha value is -2.21. The molecule has 0 bridgehead atoms. The zero-order valence-corrected chi connectivity index (χ0v) is 19.9. The van der Waals surface area contributed by atoms with E-state index in [2.05, 4.69) is 0 Å². The number of benzene rings is 1. The van der Waals surface area contributed by atoms with Gasteiger partial charge in [-0.2, -0.15) is 8.61 Å². The lowest BCUT2D eigenvalue weighted by Gasteiger charge is -2.33. The van der Waals surface area contributed by atoms with Gasteiger partial charge in [-0.1, -0.05) is 6.07 Å². The first-order valence-corrected chi connectivity index (χ1v) is 13.3. The van der Waals surface area contributed by atoms with Crippen LogP contribution in [0, 0.1) is 13.8 Å². The third-order valence-corrected chi connectivity index (χ3v) is 10.0. The Kier molecular flexibility index (Phi) is 5.95. The average molecular weight is 483 g/mol. The molecule has 2 heterocycles. The molecule has 0 atom stereocenters. The molecular weight excluding hydrogens is 456 g/mol. The van der Waals surface area contributed by atoms with E-state index in [0.717, 1.165) is 24.8 Å². The predicted molar refractivity (Wildman–Crippen MR) is 116 cm³/mol. The van der Waals surface area contributed by atoms with Gasteiger partial charge in [0.05, 0.1) is 12.0 Å².